The first-order chi connectivity index (χ1) is 22.4. The van der Waals surface area contributed by atoms with E-state index in [2.05, 4.69) is 20.0 Å². The lowest BCUT2D eigenvalue weighted by Crippen LogP contribution is -2.46. The number of carbonyl (C=O) groups is 2. The summed E-state index contributed by atoms with van der Waals surface area (Å²) < 4.78 is 11.9. The van der Waals surface area contributed by atoms with Crippen LogP contribution in [0.15, 0.2) is 77.7 Å². The summed E-state index contributed by atoms with van der Waals surface area (Å²) in [5.74, 6) is 2.14. The quantitative estimate of drug-likeness (QED) is 0.297. The summed E-state index contributed by atoms with van der Waals surface area (Å²) in [4.78, 5) is 42.5. The van der Waals surface area contributed by atoms with Crippen molar-refractivity contribution >= 4 is 17.6 Å². The average Bonchev–Trinajstić information content (AvgIpc) is 3.41. The third-order valence-corrected chi connectivity index (χ3v) is 9.49. The molecule has 4 heterocycles. The van der Waals surface area contributed by atoms with Gasteiger partial charge >= 0.3 is 0 Å². The molecule has 0 atom stereocenters. The van der Waals surface area contributed by atoms with Crippen molar-refractivity contribution in [3.05, 3.63) is 101 Å². The van der Waals surface area contributed by atoms with Crippen LogP contribution < -0.4 is 9.64 Å². The van der Waals surface area contributed by atoms with Gasteiger partial charge in [0.05, 0.1) is 30.5 Å². The highest BCUT2D eigenvalue weighted by atomic mass is 16.5. The number of carbonyl (C=O) groups excluding carboxylic acids is 2. The van der Waals surface area contributed by atoms with E-state index in [0.717, 1.165) is 54.9 Å². The molecule has 0 bridgehead atoms. The van der Waals surface area contributed by atoms with Gasteiger partial charge in [0.1, 0.15) is 17.3 Å². The molecule has 2 aliphatic rings. The molecule has 4 aromatic rings. The van der Waals surface area contributed by atoms with E-state index in [1.807, 2.05) is 78.2 Å². The highest BCUT2D eigenvalue weighted by Gasteiger charge is 2.37. The Bertz CT molecular complexity index is 1600. The molecule has 2 amide bonds. The Morgan fingerprint density at radius 1 is 0.913 bits per heavy atom. The molecule has 0 radical (unpaired) electrons. The van der Waals surface area contributed by atoms with Crippen LogP contribution in [0.2, 0.25) is 0 Å². The maximum absolute atomic E-state index is 14.2. The van der Waals surface area contributed by atoms with Crippen LogP contribution in [0.5, 0.6) is 5.75 Å². The number of piperidine rings is 1. The summed E-state index contributed by atoms with van der Waals surface area (Å²) in [7, 11) is 0. The average molecular weight is 623 g/mol. The van der Waals surface area contributed by atoms with Crippen LogP contribution in [0.4, 0.5) is 5.82 Å². The number of aromatic nitrogens is 3. The molecule has 1 saturated heterocycles. The van der Waals surface area contributed by atoms with Gasteiger partial charge in [0.15, 0.2) is 0 Å². The van der Waals surface area contributed by atoms with E-state index in [0.29, 0.717) is 62.8 Å². The van der Waals surface area contributed by atoms with Crippen LogP contribution in [-0.2, 0) is 17.8 Å². The lowest BCUT2D eigenvalue weighted by molar-refractivity contribution is -0.133. The number of fused-ring (bicyclic) bond motifs is 1. The Balaban J connectivity index is 1.24. The fourth-order valence-electron chi connectivity index (χ4n) is 6.62. The van der Waals surface area contributed by atoms with Crippen LogP contribution >= 0.6 is 0 Å². The number of rotatable bonds is 5. The molecule has 2 aromatic carbocycles. The van der Waals surface area contributed by atoms with Crippen molar-refractivity contribution in [2.45, 2.75) is 52.5 Å². The lowest BCUT2D eigenvalue weighted by Gasteiger charge is -2.42. The molecule has 2 aliphatic heterocycles. The van der Waals surface area contributed by atoms with Crippen LogP contribution in [0.1, 0.15) is 58.6 Å². The van der Waals surface area contributed by atoms with Crippen LogP contribution in [0.25, 0.3) is 0 Å². The molecule has 0 aliphatic carbocycles. The molecule has 1 fully saturated rings. The van der Waals surface area contributed by atoms with Crippen molar-refractivity contribution < 1.29 is 18.8 Å². The maximum atomic E-state index is 14.2. The van der Waals surface area contributed by atoms with E-state index in [1.165, 1.54) is 0 Å². The second-order valence-corrected chi connectivity index (χ2v) is 12.5. The first-order valence-electron chi connectivity index (χ1n) is 16.2. The van der Waals surface area contributed by atoms with Crippen molar-refractivity contribution in [2.75, 3.05) is 44.2 Å². The number of ether oxygens (including phenoxy) is 1. The number of para-hydroxylation sites is 1. The fourth-order valence-corrected chi connectivity index (χ4v) is 6.62. The van der Waals surface area contributed by atoms with Gasteiger partial charge in [-0.1, -0.05) is 47.6 Å². The zero-order valence-electron chi connectivity index (χ0n) is 26.7. The molecule has 10 nitrogen and oxygen atoms in total. The fraction of sp³-hybridized carbons (Fsp3) is 0.417. The number of benzene rings is 2. The molecular formula is C36H42N6O4. The van der Waals surface area contributed by atoms with Gasteiger partial charge in [-0.05, 0) is 57.2 Å². The minimum absolute atomic E-state index is 0.0633. The standard InChI is InChI=1S/C36H42N6O4/c1-27-31(28(2)46-39-27)23-34(43)41-19-14-36(15-20-41)13-8-18-40(33-24-37-16-17-38-33)21-22-42(25-29-9-4-3-5-10-29)35(44)30-11-6-7-12-32(30)45-26-36/h3-7,9-12,16-17,24H,8,13-15,18-23,25-26H2,1-2H3. The number of likely N-dealkylation sites (tertiary alicyclic amines) is 1. The highest BCUT2D eigenvalue weighted by Crippen LogP contribution is 2.38. The Kier molecular flexibility index (Phi) is 9.61. The maximum Gasteiger partial charge on any atom is 0.257 e. The van der Waals surface area contributed by atoms with Gasteiger partial charge in [-0.3, -0.25) is 14.6 Å². The zero-order chi connectivity index (χ0) is 31.9. The number of nitrogens with zero attached hydrogens (tertiary/aromatic N) is 6. The van der Waals surface area contributed by atoms with E-state index >= 15 is 0 Å². The van der Waals surface area contributed by atoms with Gasteiger partial charge in [-0.25, -0.2) is 4.98 Å². The summed E-state index contributed by atoms with van der Waals surface area (Å²) in [6, 6.07) is 17.6. The number of anilines is 1. The SMILES string of the molecule is Cc1noc(C)c1CC(=O)N1CCC2(CCCN(c3cnccn3)CCN(Cc3ccccc3)C(=O)c3ccccc3OC2)CC1. The normalized spacial score (nSPS) is 17.4. The molecule has 0 N–H and O–H groups in total. The smallest absolute Gasteiger partial charge is 0.257 e. The molecule has 6 rings (SSSR count). The summed E-state index contributed by atoms with van der Waals surface area (Å²) in [5.41, 5.74) is 3.14. The molecule has 10 heteroatoms. The zero-order valence-corrected chi connectivity index (χ0v) is 26.7. The summed E-state index contributed by atoms with van der Waals surface area (Å²) >= 11 is 0. The Labute approximate surface area is 270 Å². The monoisotopic (exact) mass is 622 g/mol. The van der Waals surface area contributed by atoms with Gasteiger partial charge < -0.3 is 24.0 Å². The first kappa shape index (κ1) is 31.3. The van der Waals surface area contributed by atoms with Gasteiger partial charge in [0, 0.05) is 62.6 Å². The molecule has 2 aromatic heterocycles. The number of hydrogen-bond donors (Lipinski definition) is 0. The van der Waals surface area contributed by atoms with E-state index in [1.54, 1.807) is 18.6 Å². The summed E-state index contributed by atoms with van der Waals surface area (Å²) in [6.07, 6.45) is 8.97. The minimum atomic E-state index is -0.137. The summed E-state index contributed by atoms with van der Waals surface area (Å²) in [5, 5.41) is 4.02. The lowest BCUT2D eigenvalue weighted by atomic mass is 9.75. The Morgan fingerprint density at radius 3 is 2.43 bits per heavy atom. The molecule has 46 heavy (non-hydrogen) atoms. The van der Waals surface area contributed by atoms with Gasteiger partial charge in [-0.15, -0.1) is 0 Å². The second kappa shape index (κ2) is 14.1. The Morgan fingerprint density at radius 2 is 1.70 bits per heavy atom. The van der Waals surface area contributed by atoms with Crippen molar-refractivity contribution in [1.29, 1.82) is 0 Å². The molecule has 0 unspecified atom stereocenters. The number of amides is 2. The largest absolute Gasteiger partial charge is 0.492 e. The predicted octanol–water partition coefficient (Wildman–Crippen LogP) is 5.25. The summed E-state index contributed by atoms with van der Waals surface area (Å²) in [6.45, 7) is 7.93. The van der Waals surface area contributed by atoms with Gasteiger partial charge in [0.25, 0.3) is 5.91 Å². The van der Waals surface area contributed by atoms with Crippen molar-refractivity contribution in [3.63, 3.8) is 0 Å². The molecular weight excluding hydrogens is 580 g/mol. The van der Waals surface area contributed by atoms with Gasteiger partial charge in [0.2, 0.25) is 5.91 Å². The third kappa shape index (κ3) is 7.22. The first-order valence-corrected chi connectivity index (χ1v) is 16.2. The topological polar surface area (TPSA) is 105 Å². The molecule has 240 valence electrons. The minimum Gasteiger partial charge on any atom is -0.492 e. The molecule has 1 spiro atoms. The number of aryl methyl sites for hydroxylation is 2. The van der Waals surface area contributed by atoms with Crippen LogP contribution in [0, 0.1) is 19.3 Å². The van der Waals surface area contributed by atoms with Crippen molar-refractivity contribution in [2.24, 2.45) is 5.41 Å². The predicted molar refractivity (Wildman–Crippen MR) is 175 cm³/mol. The highest BCUT2D eigenvalue weighted by molar-refractivity contribution is 5.97. The van der Waals surface area contributed by atoms with Crippen LogP contribution in [0.3, 0.4) is 0 Å². The number of hydrogen-bond acceptors (Lipinski definition) is 8. The third-order valence-electron chi connectivity index (χ3n) is 9.49. The van der Waals surface area contributed by atoms with Crippen molar-refractivity contribution in [1.82, 2.24) is 24.9 Å². The molecule has 0 saturated carbocycles. The van der Waals surface area contributed by atoms with E-state index < -0.39 is 0 Å². The van der Waals surface area contributed by atoms with E-state index in [-0.39, 0.29) is 17.2 Å². The van der Waals surface area contributed by atoms with E-state index in [4.69, 9.17) is 9.26 Å². The van der Waals surface area contributed by atoms with Crippen LogP contribution in [-0.4, -0.2) is 76.1 Å². The van der Waals surface area contributed by atoms with E-state index in [9.17, 15) is 9.59 Å². The van der Waals surface area contributed by atoms with Gasteiger partial charge in [-0.2, -0.15) is 0 Å². The Hall–Kier alpha value is -4.73. The van der Waals surface area contributed by atoms with Crippen molar-refractivity contribution in [3.8, 4) is 5.75 Å². The second-order valence-electron chi connectivity index (χ2n) is 12.5.